The van der Waals surface area contributed by atoms with E-state index in [1.165, 1.54) is 14.8 Å². The summed E-state index contributed by atoms with van der Waals surface area (Å²) in [6, 6.07) is 15.3. The van der Waals surface area contributed by atoms with Gasteiger partial charge in [0.05, 0.1) is 32.6 Å². The molecular formula is C28H36N4O4. The molecule has 0 spiro atoms. The maximum absolute atomic E-state index is 13.5. The van der Waals surface area contributed by atoms with Crippen molar-refractivity contribution in [3.8, 4) is 22.8 Å². The minimum absolute atomic E-state index is 0.00763. The van der Waals surface area contributed by atoms with E-state index in [1.807, 2.05) is 69.3 Å². The van der Waals surface area contributed by atoms with Gasteiger partial charge in [-0.05, 0) is 41.7 Å². The summed E-state index contributed by atoms with van der Waals surface area (Å²) < 4.78 is 13.6. The van der Waals surface area contributed by atoms with E-state index in [0.717, 1.165) is 44.8 Å². The predicted octanol–water partition coefficient (Wildman–Crippen LogP) is 3.59. The van der Waals surface area contributed by atoms with Crippen LogP contribution in [0.5, 0.6) is 5.75 Å². The fraction of sp³-hybridized carbons (Fsp3) is 0.464. The summed E-state index contributed by atoms with van der Waals surface area (Å²) in [6.45, 7) is 10.5. The summed E-state index contributed by atoms with van der Waals surface area (Å²) in [5.74, 6) is 1.09. The number of ketones is 1. The van der Waals surface area contributed by atoms with Crippen molar-refractivity contribution in [2.75, 3.05) is 40.0 Å². The zero-order chi connectivity index (χ0) is 25.7. The van der Waals surface area contributed by atoms with Crippen molar-refractivity contribution in [2.45, 2.75) is 40.2 Å². The molecule has 36 heavy (non-hydrogen) atoms. The molecule has 0 atom stereocenters. The highest BCUT2D eigenvalue weighted by Crippen LogP contribution is 2.24. The van der Waals surface area contributed by atoms with Gasteiger partial charge in [-0.1, -0.05) is 45.0 Å². The van der Waals surface area contributed by atoms with Gasteiger partial charge < -0.3 is 9.47 Å². The minimum atomic E-state index is -0.337. The number of hydrogen-bond acceptors (Lipinski definition) is 6. The molecule has 1 fully saturated rings. The van der Waals surface area contributed by atoms with Crippen LogP contribution in [0.15, 0.2) is 53.3 Å². The van der Waals surface area contributed by atoms with Crippen LogP contribution >= 0.6 is 0 Å². The fourth-order valence-corrected chi connectivity index (χ4v) is 4.42. The van der Waals surface area contributed by atoms with Crippen LogP contribution in [0.1, 0.15) is 32.8 Å². The number of methoxy groups -OCH3 is 1. The molecule has 2 aromatic carbocycles. The highest BCUT2D eigenvalue weighted by molar-refractivity contribution is 5.79. The quantitative estimate of drug-likeness (QED) is 0.454. The van der Waals surface area contributed by atoms with Gasteiger partial charge in [-0.3, -0.25) is 14.3 Å². The van der Waals surface area contributed by atoms with Gasteiger partial charge in [0, 0.05) is 31.6 Å². The van der Waals surface area contributed by atoms with Crippen LogP contribution in [0.2, 0.25) is 0 Å². The van der Waals surface area contributed by atoms with Crippen LogP contribution in [-0.4, -0.2) is 65.0 Å². The SMILES string of the molecule is COc1cccc(-c2nn(-c3ccc(CCN4CCOCC4)cc3)c(=O)n2CC(=O)CC(C)(C)C)c1. The van der Waals surface area contributed by atoms with Gasteiger partial charge in [-0.2, -0.15) is 4.68 Å². The van der Waals surface area contributed by atoms with Gasteiger partial charge in [-0.25, -0.2) is 4.79 Å². The predicted molar refractivity (Wildman–Crippen MR) is 140 cm³/mol. The number of carbonyl (C=O) groups excluding carboxylic acids is 1. The number of Topliss-reactive ketones (excluding diaryl/α,β-unsaturated/α-hetero) is 1. The standard InChI is InChI=1S/C28H36N4O4/c1-28(2,3)19-24(33)20-31-26(22-6-5-7-25(18-22)35-4)29-32(27(31)34)23-10-8-21(9-11-23)12-13-30-14-16-36-17-15-30/h5-11,18H,12-17,19-20H2,1-4H3. The first-order chi connectivity index (χ1) is 17.2. The van der Waals surface area contributed by atoms with Crippen LogP contribution in [0.3, 0.4) is 0 Å². The van der Waals surface area contributed by atoms with E-state index in [0.29, 0.717) is 23.7 Å². The first-order valence-corrected chi connectivity index (χ1v) is 12.5. The number of rotatable bonds is 9. The molecule has 2 heterocycles. The van der Waals surface area contributed by atoms with Crippen LogP contribution in [0.4, 0.5) is 0 Å². The number of carbonyl (C=O) groups is 1. The van der Waals surface area contributed by atoms with Crippen molar-refractivity contribution in [2.24, 2.45) is 5.41 Å². The largest absolute Gasteiger partial charge is 0.497 e. The summed E-state index contributed by atoms with van der Waals surface area (Å²) in [4.78, 5) is 28.7. The lowest BCUT2D eigenvalue weighted by atomic mass is 9.90. The number of morpholine rings is 1. The number of ether oxygens (including phenoxy) is 2. The molecular weight excluding hydrogens is 456 g/mol. The molecule has 8 heteroatoms. The van der Waals surface area contributed by atoms with Gasteiger partial charge in [0.15, 0.2) is 11.6 Å². The second-order valence-corrected chi connectivity index (χ2v) is 10.5. The Kier molecular flexibility index (Phi) is 8.06. The Balaban J connectivity index is 1.62. The topological polar surface area (TPSA) is 78.6 Å². The van der Waals surface area contributed by atoms with E-state index in [-0.39, 0.29) is 23.4 Å². The van der Waals surface area contributed by atoms with Crippen molar-refractivity contribution in [3.05, 3.63) is 64.6 Å². The molecule has 0 N–H and O–H groups in total. The highest BCUT2D eigenvalue weighted by Gasteiger charge is 2.22. The van der Waals surface area contributed by atoms with Gasteiger partial charge in [-0.15, -0.1) is 5.10 Å². The number of hydrogen-bond donors (Lipinski definition) is 0. The molecule has 1 aliphatic heterocycles. The third kappa shape index (κ3) is 6.50. The zero-order valence-corrected chi connectivity index (χ0v) is 21.7. The molecule has 8 nitrogen and oxygen atoms in total. The van der Waals surface area contributed by atoms with Crippen molar-refractivity contribution in [3.63, 3.8) is 0 Å². The van der Waals surface area contributed by atoms with Gasteiger partial charge in [0.25, 0.3) is 0 Å². The number of nitrogens with zero attached hydrogens (tertiary/aromatic N) is 4. The molecule has 0 radical (unpaired) electrons. The normalized spacial score (nSPS) is 14.7. The Hall–Kier alpha value is -3.23. The molecule has 0 unspecified atom stereocenters. The third-order valence-electron chi connectivity index (χ3n) is 6.25. The van der Waals surface area contributed by atoms with E-state index in [9.17, 15) is 9.59 Å². The average Bonchev–Trinajstić information content (AvgIpc) is 3.18. The number of benzene rings is 2. The lowest BCUT2D eigenvalue weighted by molar-refractivity contribution is -0.121. The smallest absolute Gasteiger partial charge is 0.351 e. The first kappa shape index (κ1) is 25.9. The summed E-state index contributed by atoms with van der Waals surface area (Å²) >= 11 is 0. The second-order valence-electron chi connectivity index (χ2n) is 10.5. The maximum Gasteiger partial charge on any atom is 0.351 e. The average molecular weight is 493 g/mol. The Morgan fingerprint density at radius 2 is 1.81 bits per heavy atom. The summed E-state index contributed by atoms with van der Waals surface area (Å²) in [6.07, 6.45) is 1.31. The summed E-state index contributed by atoms with van der Waals surface area (Å²) in [5.41, 5.74) is 2.09. The molecule has 0 amide bonds. The maximum atomic E-state index is 13.5. The molecule has 1 aliphatic rings. The monoisotopic (exact) mass is 492 g/mol. The Morgan fingerprint density at radius 1 is 1.08 bits per heavy atom. The Morgan fingerprint density at radius 3 is 2.47 bits per heavy atom. The molecule has 4 rings (SSSR count). The lowest BCUT2D eigenvalue weighted by Gasteiger charge is -2.26. The van der Waals surface area contributed by atoms with E-state index in [2.05, 4.69) is 10.00 Å². The Labute approximate surface area is 212 Å². The molecule has 0 saturated carbocycles. The van der Waals surface area contributed by atoms with Gasteiger partial charge in [0.2, 0.25) is 0 Å². The molecule has 1 aromatic heterocycles. The summed E-state index contributed by atoms with van der Waals surface area (Å²) in [5, 5.41) is 4.66. The molecule has 192 valence electrons. The van der Waals surface area contributed by atoms with E-state index >= 15 is 0 Å². The summed E-state index contributed by atoms with van der Waals surface area (Å²) in [7, 11) is 1.60. The minimum Gasteiger partial charge on any atom is -0.497 e. The third-order valence-corrected chi connectivity index (χ3v) is 6.25. The van der Waals surface area contributed by atoms with E-state index in [4.69, 9.17) is 9.47 Å². The van der Waals surface area contributed by atoms with Gasteiger partial charge >= 0.3 is 5.69 Å². The molecule has 0 aliphatic carbocycles. The molecule has 0 bridgehead atoms. The van der Waals surface area contributed by atoms with Gasteiger partial charge in [0.1, 0.15) is 5.75 Å². The lowest BCUT2D eigenvalue weighted by Crippen LogP contribution is -2.37. The van der Waals surface area contributed by atoms with Crippen LogP contribution in [0.25, 0.3) is 17.1 Å². The molecule has 3 aromatic rings. The fourth-order valence-electron chi connectivity index (χ4n) is 4.42. The number of aromatic nitrogens is 3. The van der Waals surface area contributed by atoms with Crippen LogP contribution in [-0.2, 0) is 22.5 Å². The van der Waals surface area contributed by atoms with Crippen molar-refractivity contribution >= 4 is 5.78 Å². The van der Waals surface area contributed by atoms with Crippen LogP contribution < -0.4 is 10.4 Å². The molecule has 1 saturated heterocycles. The van der Waals surface area contributed by atoms with Crippen molar-refractivity contribution in [1.29, 1.82) is 0 Å². The van der Waals surface area contributed by atoms with Crippen molar-refractivity contribution < 1.29 is 14.3 Å². The first-order valence-electron chi connectivity index (χ1n) is 12.5. The highest BCUT2D eigenvalue weighted by atomic mass is 16.5. The second kappa shape index (κ2) is 11.2. The van der Waals surface area contributed by atoms with Crippen LogP contribution in [0, 0.1) is 5.41 Å². The van der Waals surface area contributed by atoms with E-state index < -0.39 is 0 Å². The van der Waals surface area contributed by atoms with Crippen molar-refractivity contribution in [1.82, 2.24) is 19.2 Å². The van der Waals surface area contributed by atoms with E-state index in [1.54, 1.807) is 7.11 Å². The zero-order valence-electron chi connectivity index (χ0n) is 21.7. The Bertz CT molecular complexity index is 1230.